The number of amides is 1. The summed E-state index contributed by atoms with van der Waals surface area (Å²) in [6.45, 7) is 4.87. The number of unbranched alkanes of at least 4 members (excludes halogenated alkanes) is 1. The summed E-state index contributed by atoms with van der Waals surface area (Å²) in [5, 5.41) is 0. The zero-order valence-electron chi connectivity index (χ0n) is 11.9. The van der Waals surface area contributed by atoms with Crippen molar-refractivity contribution in [1.29, 1.82) is 0 Å². The molecule has 0 atom stereocenters. The number of nitrogens with one attached hydrogen (secondary N) is 1. The Kier molecular flexibility index (Phi) is 5.87. The SMILES string of the molecule is CCCCOC(=O)N(CC)c1nc([As])c(I)c2nc[nH]c12. The maximum absolute atomic E-state index is 12.2. The summed E-state index contributed by atoms with van der Waals surface area (Å²) in [6, 6.07) is 0. The third kappa shape index (κ3) is 3.51. The summed E-state index contributed by atoms with van der Waals surface area (Å²) in [5.74, 6) is 0.558. The van der Waals surface area contributed by atoms with Gasteiger partial charge in [-0.25, -0.2) is 0 Å². The number of pyridine rings is 1. The second kappa shape index (κ2) is 7.44. The van der Waals surface area contributed by atoms with Crippen molar-refractivity contribution < 1.29 is 9.53 Å². The van der Waals surface area contributed by atoms with Gasteiger partial charge >= 0.3 is 146 Å². The molecule has 0 spiro atoms. The average Bonchev–Trinajstić information content (AvgIpc) is 2.95. The van der Waals surface area contributed by atoms with Crippen LogP contribution in [0.3, 0.4) is 0 Å². The summed E-state index contributed by atoms with van der Waals surface area (Å²) in [5.41, 5.74) is 1.57. The molecule has 0 aliphatic heterocycles. The molecule has 21 heavy (non-hydrogen) atoms. The van der Waals surface area contributed by atoms with E-state index in [2.05, 4.69) is 61.3 Å². The summed E-state index contributed by atoms with van der Waals surface area (Å²) < 4.78 is 7.04. The molecule has 1 amide bonds. The Balaban J connectivity index is 2.36. The third-order valence-electron chi connectivity index (χ3n) is 2.99. The molecule has 0 saturated carbocycles. The van der Waals surface area contributed by atoms with E-state index in [-0.39, 0.29) is 6.09 Å². The molecule has 0 unspecified atom stereocenters. The van der Waals surface area contributed by atoms with Crippen molar-refractivity contribution in [2.75, 3.05) is 18.1 Å². The van der Waals surface area contributed by atoms with E-state index in [0.29, 0.717) is 19.0 Å². The second-order valence-electron chi connectivity index (χ2n) is 4.41. The molecular weight excluding hydrogens is 446 g/mol. The van der Waals surface area contributed by atoms with Crippen LogP contribution in [-0.4, -0.2) is 51.0 Å². The summed E-state index contributed by atoms with van der Waals surface area (Å²) in [6.07, 6.45) is 3.09. The number of anilines is 1. The number of hydrogen-bond donors (Lipinski definition) is 1. The van der Waals surface area contributed by atoms with Crippen LogP contribution in [0.5, 0.6) is 0 Å². The van der Waals surface area contributed by atoms with Crippen LogP contribution in [0.4, 0.5) is 10.6 Å². The van der Waals surface area contributed by atoms with Gasteiger partial charge in [-0.1, -0.05) is 0 Å². The summed E-state index contributed by atoms with van der Waals surface area (Å²) in [4.78, 5) is 25.6. The Morgan fingerprint density at radius 1 is 1.52 bits per heavy atom. The van der Waals surface area contributed by atoms with E-state index in [0.717, 1.165) is 31.9 Å². The van der Waals surface area contributed by atoms with Gasteiger partial charge in [-0.3, -0.25) is 0 Å². The van der Waals surface area contributed by atoms with E-state index in [1.165, 1.54) is 4.90 Å². The molecule has 2 aromatic heterocycles. The van der Waals surface area contributed by atoms with Crippen molar-refractivity contribution in [3.05, 3.63) is 9.90 Å². The number of imidazole rings is 1. The predicted octanol–water partition coefficient (Wildman–Crippen LogP) is 2.12. The third-order valence-corrected chi connectivity index (χ3v) is 5.62. The van der Waals surface area contributed by atoms with Crippen LogP contribution < -0.4 is 9.38 Å². The van der Waals surface area contributed by atoms with Gasteiger partial charge in [0.15, 0.2) is 0 Å². The molecule has 0 aliphatic carbocycles. The number of halogens is 1. The molecule has 1 N–H and O–H groups in total. The number of H-pyrrole nitrogens is 1. The van der Waals surface area contributed by atoms with Crippen LogP contribution in [0, 0.1) is 3.57 Å². The Morgan fingerprint density at radius 2 is 2.29 bits per heavy atom. The quantitative estimate of drug-likeness (QED) is 0.420. The van der Waals surface area contributed by atoms with Crippen molar-refractivity contribution in [1.82, 2.24) is 15.0 Å². The van der Waals surface area contributed by atoms with Crippen molar-refractivity contribution in [2.24, 2.45) is 0 Å². The second-order valence-corrected chi connectivity index (χ2v) is 6.38. The molecule has 2 aromatic rings. The molecular formula is C13H16AsIN4O2. The van der Waals surface area contributed by atoms with Gasteiger partial charge in [0.25, 0.3) is 0 Å². The van der Waals surface area contributed by atoms with Crippen LogP contribution in [0.15, 0.2) is 6.33 Å². The molecule has 0 saturated heterocycles. The number of aromatic amines is 1. The van der Waals surface area contributed by atoms with Crippen LogP contribution in [0.1, 0.15) is 26.7 Å². The van der Waals surface area contributed by atoms with Crippen LogP contribution in [-0.2, 0) is 4.74 Å². The molecule has 8 heteroatoms. The van der Waals surface area contributed by atoms with Crippen molar-refractivity contribution >= 4 is 66.9 Å². The first kappa shape index (κ1) is 16.5. The molecule has 0 bridgehead atoms. The normalized spacial score (nSPS) is 10.9. The zero-order chi connectivity index (χ0) is 15.4. The first-order valence-corrected chi connectivity index (χ1v) is 8.77. The van der Waals surface area contributed by atoms with E-state index in [9.17, 15) is 4.79 Å². The number of aromatic nitrogens is 3. The summed E-state index contributed by atoms with van der Waals surface area (Å²) >= 11 is 4.61. The van der Waals surface area contributed by atoms with Gasteiger partial charge in [0, 0.05) is 0 Å². The van der Waals surface area contributed by atoms with Gasteiger partial charge in [0.1, 0.15) is 0 Å². The minimum absolute atomic E-state index is 0.373. The molecule has 0 fully saturated rings. The fraction of sp³-hybridized carbons (Fsp3) is 0.462. The van der Waals surface area contributed by atoms with Gasteiger partial charge < -0.3 is 0 Å². The Labute approximate surface area is 145 Å². The Hall–Kier alpha value is -0.822. The number of nitrogens with zero attached hydrogens (tertiary/aromatic N) is 3. The molecule has 0 aliphatic rings. The molecule has 6 nitrogen and oxygen atoms in total. The van der Waals surface area contributed by atoms with E-state index in [1.807, 2.05) is 6.92 Å². The minimum atomic E-state index is -0.373. The Bertz CT molecular complexity index is 646. The Morgan fingerprint density at radius 3 is 2.95 bits per heavy atom. The standard InChI is InChI=1S/C13H16AsIN4O2/c1-3-5-6-21-13(20)19(4-2)12-10-9(16-7-17-10)8(15)11(14)18-12/h7H,3-6H2,1-2H3,(H,16,17). The number of rotatable bonds is 5. The molecule has 2 radical (unpaired) electrons. The average molecular weight is 462 g/mol. The number of carbonyl (C=O) groups excluding carboxylic acids is 1. The fourth-order valence-electron chi connectivity index (χ4n) is 1.88. The number of hydrogen-bond acceptors (Lipinski definition) is 4. The maximum atomic E-state index is 12.2. The number of fused-ring (bicyclic) bond motifs is 1. The monoisotopic (exact) mass is 462 g/mol. The molecule has 2 heterocycles. The number of carbonyl (C=O) groups is 1. The van der Waals surface area contributed by atoms with E-state index in [1.54, 1.807) is 6.33 Å². The summed E-state index contributed by atoms with van der Waals surface area (Å²) in [7, 11) is 0. The predicted molar refractivity (Wildman–Crippen MR) is 91.3 cm³/mol. The van der Waals surface area contributed by atoms with Crippen LogP contribution in [0.2, 0.25) is 0 Å². The first-order valence-electron chi connectivity index (χ1n) is 6.75. The van der Waals surface area contributed by atoms with Crippen LogP contribution >= 0.6 is 22.6 Å². The fourth-order valence-corrected chi connectivity index (χ4v) is 2.84. The van der Waals surface area contributed by atoms with Gasteiger partial charge in [-0.05, 0) is 0 Å². The molecule has 112 valence electrons. The first-order chi connectivity index (χ1) is 10.1. The molecule has 2 rings (SSSR count). The van der Waals surface area contributed by atoms with E-state index >= 15 is 0 Å². The van der Waals surface area contributed by atoms with Crippen LogP contribution in [0.25, 0.3) is 11.0 Å². The van der Waals surface area contributed by atoms with Gasteiger partial charge in [-0.15, -0.1) is 0 Å². The van der Waals surface area contributed by atoms with E-state index in [4.69, 9.17) is 4.74 Å². The van der Waals surface area contributed by atoms with Gasteiger partial charge in [0.05, 0.1) is 0 Å². The number of ether oxygens (including phenoxy) is 1. The van der Waals surface area contributed by atoms with E-state index < -0.39 is 0 Å². The van der Waals surface area contributed by atoms with Crippen molar-refractivity contribution in [3.8, 4) is 0 Å². The molecule has 0 aromatic carbocycles. The topological polar surface area (TPSA) is 71.1 Å². The van der Waals surface area contributed by atoms with Gasteiger partial charge in [0.2, 0.25) is 0 Å². The van der Waals surface area contributed by atoms with Crippen molar-refractivity contribution in [2.45, 2.75) is 26.7 Å². The van der Waals surface area contributed by atoms with Gasteiger partial charge in [-0.2, -0.15) is 0 Å². The zero-order valence-corrected chi connectivity index (χ0v) is 15.9. The van der Waals surface area contributed by atoms with Crippen molar-refractivity contribution in [3.63, 3.8) is 0 Å².